The third-order valence-corrected chi connectivity index (χ3v) is 5.94. The Bertz CT molecular complexity index is 876. The topological polar surface area (TPSA) is 256 Å². The van der Waals surface area contributed by atoms with Crippen molar-refractivity contribution in [1.82, 2.24) is 20.9 Å². The number of aliphatic carboxylic acids is 1. The summed E-state index contributed by atoms with van der Waals surface area (Å²) < 4.78 is 0. The van der Waals surface area contributed by atoms with Gasteiger partial charge in [0, 0.05) is 13.1 Å². The van der Waals surface area contributed by atoms with Crippen LogP contribution in [0.15, 0.2) is 4.99 Å². The Kier molecular flexibility index (Phi) is 13.5. The molecule has 15 nitrogen and oxygen atoms in total. The molecule has 0 bridgehead atoms. The zero-order valence-corrected chi connectivity index (χ0v) is 22.2. The van der Waals surface area contributed by atoms with E-state index in [0.717, 1.165) is 0 Å². The Hall–Kier alpha value is -3.46. The highest BCUT2D eigenvalue weighted by Crippen LogP contribution is 2.20. The van der Waals surface area contributed by atoms with Gasteiger partial charge in [-0.1, -0.05) is 13.8 Å². The monoisotopic (exact) mass is 542 g/mol. The molecule has 0 spiro atoms. The molecule has 1 saturated heterocycles. The van der Waals surface area contributed by atoms with Crippen LogP contribution >= 0.6 is 0 Å². The highest BCUT2D eigenvalue weighted by Gasteiger charge is 2.38. The summed E-state index contributed by atoms with van der Waals surface area (Å²) >= 11 is 0. The first-order chi connectivity index (χ1) is 17.7. The molecule has 0 saturated carbocycles. The number of nitrogens with one attached hydrogen (secondary N) is 3. The number of aliphatic imine (C=N–C) groups is 1. The minimum Gasteiger partial charge on any atom is -0.480 e. The van der Waals surface area contributed by atoms with Gasteiger partial charge < -0.3 is 48.3 Å². The third-order valence-electron chi connectivity index (χ3n) is 5.94. The molecule has 0 radical (unpaired) electrons. The first-order valence-electron chi connectivity index (χ1n) is 12.6. The summed E-state index contributed by atoms with van der Waals surface area (Å²) in [4.78, 5) is 67.6. The number of nitrogens with two attached hydrogens (primary N) is 3. The van der Waals surface area contributed by atoms with Crippen molar-refractivity contribution in [3.05, 3.63) is 0 Å². The first-order valence-corrected chi connectivity index (χ1v) is 12.6. The molecular formula is C23H42N8O7. The van der Waals surface area contributed by atoms with Crippen molar-refractivity contribution in [3.63, 3.8) is 0 Å². The minimum atomic E-state index is -1.47. The van der Waals surface area contributed by atoms with Crippen LogP contribution in [0.25, 0.3) is 0 Å². The van der Waals surface area contributed by atoms with Gasteiger partial charge in [0.1, 0.15) is 24.7 Å². The first kappa shape index (κ1) is 32.6. The number of aliphatic hydroxyl groups excluding tert-OH is 1. The number of carbonyl (C=O) groups is 5. The molecular weight excluding hydrogens is 500 g/mol. The predicted molar refractivity (Wildman–Crippen MR) is 138 cm³/mol. The van der Waals surface area contributed by atoms with E-state index in [4.69, 9.17) is 22.3 Å². The Morgan fingerprint density at radius 1 is 1.08 bits per heavy atom. The van der Waals surface area contributed by atoms with E-state index in [1.54, 1.807) is 0 Å². The molecule has 11 N–H and O–H groups in total. The fourth-order valence-electron chi connectivity index (χ4n) is 4.10. The second-order valence-electron chi connectivity index (χ2n) is 9.77. The number of carbonyl (C=O) groups excluding carboxylic acids is 4. The third kappa shape index (κ3) is 10.9. The van der Waals surface area contributed by atoms with Crippen molar-refractivity contribution in [2.24, 2.45) is 28.1 Å². The van der Waals surface area contributed by atoms with Gasteiger partial charge >= 0.3 is 5.97 Å². The number of hydrogen-bond acceptors (Lipinski definition) is 8. The number of guanidine groups is 1. The van der Waals surface area contributed by atoms with Gasteiger partial charge in [0.05, 0.1) is 12.1 Å². The van der Waals surface area contributed by atoms with Gasteiger partial charge in [-0.05, 0) is 44.9 Å². The molecule has 1 aliphatic rings. The summed E-state index contributed by atoms with van der Waals surface area (Å²) in [6.45, 7) is 4.95. The van der Waals surface area contributed by atoms with Gasteiger partial charge in [-0.3, -0.25) is 29.0 Å². The van der Waals surface area contributed by atoms with Crippen molar-refractivity contribution in [1.29, 1.82) is 0 Å². The van der Waals surface area contributed by atoms with Crippen LogP contribution in [-0.2, 0) is 24.0 Å². The lowest BCUT2D eigenvalue weighted by Gasteiger charge is -2.29. The summed E-state index contributed by atoms with van der Waals surface area (Å²) in [6, 6.07) is -4.21. The maximum absolute atomic E-state index is 13.2. The van der Waals surface area contributed by atoms with E-state index in [1.807, 2.05) is 13.8 Å². The molecule has 0 aromatic rings. The fourth-order valence-corrected chi connectivity index (χ4v) is 4.10. The van der Waals surface area contributed by atoms with Gasteiger partial charge in [0.25, 0.3) is 0 Å². The van der Waals surface area contributed by atoms with Crippen LogP contribution in [0.3, 0.4) is 0 Å². The molecule has 4 amide bonds. The van der Waals surface area contributed by atoms with Gasteiger partial charge in [-0.2, -0.15) is 0 Å². The van der Waals surface area contributed by atoms with Crippen molar-refractivity contribution in [3.8, 4) is 0 Å². The number of aliphatic hydroxyl groups is 1. The average molecular weight is 543 g/mol. The summed E-state index contributed by atoms with van der Waals surface area (Å²) in [6.07, 6.45) is 0.439. The minimum absolute atomic E-state index is 0.0746. The second-order valence-corrected chi connectivity index (χ2v) is 9.77. The van der Waals surface area contributed by atoms with E-state index < -0.39 is 60.5 Å². The molecule has 0 aliphatic carbocycles. The zero-order valence-electron chi connectivity index (χ0n) is 22.2. The molecule has 1 fully saturated rings. The molecule has 1 rings (SSSR count). The number of rotatable bonds is 15. The van der Waals surface area contributed by atoms with Crippen molar-refractivity contribution in [2.75, 3.05) is 19.6 Å². The van der Waals surface area contributed by atoms with Crippen molar-refractivity contribution >= 4 is 35.6 Å². The molecule has 5 atom stereocenters. The van der Waals surface area contributed by atoms with Crippen LogP contribution < -0.4 is 33.2 Å². The fraction of sp³-hybridized carbons (Fsp3) is 0.739. The van der Waals surface area contributed by atoms with Crippen molar-refractivity contribution in [2.45, 2.75) is 83.1 Å². The SMILES string of the molecule is CC(C)C[C@@H](N)C(=O)N1CCC[C@@H]1C(=O)N[C@H](CCCN=C(N)N)C(=O)N[C@@H](C(=O)NCC(=O)O)[C@H](C)O. The number of carboxylic acid groups (broad SMARTS) is 1. The summed E-state index contributed by atoms with van der Waals surface area (Å²) in [7, 11) is 0. The van der Waals surface area contributed by atoms with E-state index in [2.05, 4.69) is 20.9 Å². The number of hydrogen-bond donors (Lipinski definition) is 8. The van der Waals surface area contributed by atoms with Crippen LogP contribution in [-0.4, -0.2) is 101 Å². The lowest BCUT2D eigenvalue weighted by atomic mass is 10.0. The molecule has 216 valence electrons. The standard InChI is InChI=1S/C23H42N8O7/c1-12(2)10-14(24)22(38)31-9-5-7-16(31)20(36)29-15(6-4-8-27-23(25)26)19(35)30-18(13(3)32)21(37)28-11-17(33)34/h12-16,18,32H,4-11,24H2,1-3H3,(H,28,37)(H,29,36)(H,30,35)(H,33,34)(H4,25,26,27)/t13-,14+,15+,16+,18+/m0/s1. The van der Waals surface area contributed by atoms with Gasteiger partial charge in [-0.15, -0.1) is 0 Å². The van der Waals surface area contributed by atoms with E-state index in [9.17, 15) is 29.1 Å². The number of nitrogens with zero attached hydrogens (tertiary/aromatic N) is 2. The molecule has 15 heteroatoms. The predicted octanol–water partition coefficient (Wildman–Crippen LogP) is -3.04. The van der Waals surface area contributed by atoms with E-state index in [0.29, 0.717) is 25.8 Å². The Labute approximate surface area is 221 Å². The largest absolute Gasteiger partial charge is 0.480 e. The number of amides is 4. The van der Waals surface area contributed by atoms with E-state index in [1.165, 1.54) is 11.8 Å². The zero-order chi connectivity index (χ0) is 29.0. The smallest absolute Gasteiger partial charge is 0.322 e. The highest BCUT2D eigenvalue weighted by atomic mass is 16.4. The molecule has 0 aromatic carbocycles. The summed E-state index contributed by atoms with van der Waals surface area (Å²) in [5.74, 6) is -3.84. The normalized spacial score (nSPS) is 18.2. The average Bonchev–Trinajstić information content (AvgIpc) is 3.31. The van der Waals surface area contributed by atoms with Gasteiger partial charge in [0.15, 0.2) is 5.96 Å². The van der Waals surface area contributed by atoms with E-state index >= 15 is 0 Å². The maximum Gasteiger partial charge on any atom is 0.322 e. The lowest BCUT2D eigenvalue weighted by molar-refractivity contribution is -0.141. The highest BCUT2D eigenvalue weighted by molar-refractivity contribution is 5.95. The number of likely N-dealkylation sites (tertiary alicyclic amines) is 1. The van der Waals surface area contributed by atoms with E-state index in [-0.39, 0.29) is 37.2 Å². The molecule has 0 aromatic heterocycles. The Balaban J connectivity index is 3.02. The van der Waals surface area contributed by atoms with Crippen LogP contribution in [0, 0.1) is 5.92 Å². The molecule has 38 heavy (non-hydrogen) atoms. The Morgan fingerprint density at radius 2 is 1.74 bits per heavy atom. The van der Waals surface area contributed by atoms with Gasteiger partial charge in [-0.25, -0.2) is 0 Å². The van der Waals surface area contributed by atoms with Crippen LogP contribution in [0.4, 0.5) is 0 Å². The van der Waals surface area contributed by atoms with Crippen LogP contribution in [0.5, 0.6) is 0 Å². The molecule has 1 aliphatic heterocycles. The lowest BCUT2D eigenvalue weighted by Crippen LogP contribution is -2.59. The maximum atomic E-state index is 13.2. The van der Waals surface area contributed by atoms with Crippen LogP contribution in [0.1, 0.15) is 52.9 Å². The summed E-state index contributed by atoms with van der Waals surface area (Å²) in [5, 5.41) is 25.9. The quantitative estimate of drug-likeness (QED) is 0.0589. The van der Waals surface area contributed by atoms with Gasteiger partial charge in [0.2, 0.25) is 23.6 Å². The Morgan fingerprint density at radius 3 is 2.29 bits per heavy atom. The van der Waals surface area contributed by atoms with Crippen LogP contribution in [0.2, 0.25) is 0 Å². The summed E-state index contributed by atoms with van der Waals surface area (Å²) in [5.41, 5.74) is 16.7. The van der Waals surface area contributed by atoms with Crippen molar-refractivity contribution < 1.29 is 34.2 Å². The molecule has 1 heterocycles. The number of carboxylic acids is 1. The molecule has 0 unspecified atom stereocenters. The second kappa shape index (κ2) is 15.7.